The van der Waals surface area contributed by atoms with Crippen LogP contribution in [0, 0.1) is 0 Å². The molecule has 0 radical (unpaired) electrons. The molecule has 1 aromatic rings. The molecule has 5 heteroatoms. The highest BCUT2D eigenvalue weighted by molar-refractivity contribution is 4.98. The Labute approximate surface area is 109 Å². The van der Waals surface area contributed by atoms with Crippen LogP contribution in [0.5, 0.6) is 0 Å². The van der Waals surface area contributed by atoms with Crippen LogP contribution >= 0.6 is 0 Å². The van der Waals surface area contributed by atoms with Gasteiger partial charge in [0.25, 0.3) is 0 Å². The monoisotopic (exact) mass is 252 g/mol. The van der Waals surface area contributed by atoms with Crippen LogP contribution in [0.15, 0.2) is 4.52 Å². The zero-order valence-electron chi connectivity index (χ0n) is 11.6. The van der Waals surface area contributed by atoms with Gasteiger partial charge in [0, 0.05) is 24.9 Å². The van der Waals surface area contributed by atoms with Crippen molar-refractivity contribution in [2.45, 2.75) is 45.1 Å². The second-order valence-corrected chi connectivity index (χ2v) is 5.30. The Bertz CT molecular complexity index is 356. The van der Waals surface area contributed by atoms with Crippen molar-refractivity contribution in [3.05, 3.63) is 11.7 Å². The summed E-state index contributed by atoms with van der Waals surface area (Å²) in [7, 11) is 1.93. The van der Waals surface area contributed by atoms with E-state index in [0.717, 1.165) is 50.6 Å². The van der Waals surface area contributed by atoms with Gasteiger partial charge < -0.3 is 14.7 Å². The van der Waals surface area contributed by atoms with Gasteiger partial charge in [-0.1, -0.05) is 5.16 Å². The van der Waals surface area contributed by atoms with Crippen molar-refractivity contribution in [2.75, 3.05) is 26.7 Å². The smallest absolute Gasteiger partial charge is 0.227 e. The van der Waals surface area contributed by atoms with Crippen LogP contribution in [0.3, 0.4) is 0 Å². The second kappa shape index (κ2) is 6.29. The van der Waals surface area contributed by atoms with E-state index in [9.17, 15) is 0 Å². The molecule has 0 spiro atoms. The average molecular weight is 252 g/mol. The molecule has 2 rings (SSSR count). The maximum absolute atomic E-state index is 5.28. The van der Waals surface area contributed by atoms with E-state index in [1.54, 1.807) is 0 Å². The number of nitrogens with one attached hydrogen (secondary N) is 1. The SMILES string of the molecule is CNCCc1nc(C2CCN(C(C)C)CC2)no1. The molecule has 1 aliphatic heterocycles. The first kappa shape index (κ1) is 13.5. The number of piperidine rings is 1. The molecule has 1 fully saturated rings. The van der Waals surface area contributed by atoms with Crippen LogP contribution in [0.1, 0.15) is 44.3 Å². The Morgan fingerprint density at radius 2 is 2.11 bits per heavy atom. The number of aromatic nitrogens is 2. The van der Waals surface area contributed by atoms with Gasteiger partial charge >= 0.3 is 0 Å². The molecule has 1 N–H and O–H groups in total. The molecule has 5 nitrogen and oxygen atoms in total. The summed E-state index contributed by atoms with van der Waals surface area (Å²) >= 11 is 0. The molecule has 0 atom stereocenters. The number of hydrogen-bond donors (Lipinski definition) is 1. The highest BCUT2D eigenvalue weighted by Gasteiger charge is 2.25. The lowest BCUT2D eigenvalue weighted by Crippen LogP contribution is -2.38. The van der Waals surface area contributed by atoms with Gasteiger partial charge in [-0.05, 0) is 46.8 Å². The molecular formula is C13H24N4O. The molecule has 1 saturated heterocycles. The average Bonchev–Trinajstić information content (AvgIpc) is 2.85. The van der Waals surface area contributed by atoms with Crippen molar-refractivity contribution in [3.8, 4) is 0 Å². The maximum Gasteiger partial charge on any atom is 0.227 e. The van der Waals surface area contributed by atoms with Gasteiger partial charge in [-0.15, -0.1) is 0 Å². The minimum Gasteiger partial charge on any atom is -0.339 e. The quantitative estimate of drug-likeness (QED) is 0.859. The van der Waals surface area contributed by atoms with E-state index < -0.39 is 0 Å². The van der Waals surface area contributed by atoms with Gasteiger partial charge in [0.2, 0.25) is 5.89 Å². The second-order valence-electron chi connectivity index (χ2n) is 5.30. The van der Waals surface area contributed by atoms with E-state index in [1.807, 2.05) is 7.05 Å². The Morgan fingerprint density at radius 3 is 2.72 bits per heavy atom. The van der Waals surface area contributed by atoms with E-state index in [-0.39, 0.29) is 0 Å². The van der Waals surface area contributed by atoms with Crippen molar-refractivity contribution in [3.63, 3.8) is 0 Å². The van der Waals surface area contributed by atoms with Crippen molar-refractivity contribution < 1.29 is 4.52 Å². The summed E-state index contributed by atoms with van der Waals surface area (Å²) in [4.78, 5) is 7.02. The molecule has 0 aliphatic carbocycles. The third kappa shape index (κ3) is 3.29. The molecular weight excluding hydrogens is 228 g/mol. The molecule has 0 bridgehead atoms. The van der Waals surface area contributed by atoms with Gasteiger partial charge in [0.15, 0.2) is 5.82 Å². The lowest BCUT2D eigenvalue weighted by Gasteiger charge is -2.33. The van der Waals surface area contributed by atoms with Crippen molar-refractivity contribution in [1.82, 2.24) is 20.4 Å². The van der Waals surface area contributed by atoms with E-state index in [4.69, 9.17) is 4.52 Å². The van der Waals surface area contributed by atoms with Gasteiger partial charge in [0.05, 0.1) is 0 Å². The molecule has 0 saturated carbocycles. The summed E-state index contributed by atoms with van der Waals surface area (Å²) in [5.74, 6) is 2.14. The minimum absolute atomic E-state index is 0.479. The molecule has 102 valence electrons. The summed E-state index contributed by atoms with van der Waals surface area (Å²) in [6.45, 7) is 7.67. The highest BCUT2D eigenvalue weighted by atomic mass is 16.5. The Hall–Kier alpha value is -0.940. The van der Waals surface area contributed by atoms with Crippen molar-refractivity contribution in [1.29, 1.82) is 0 Å². The van der Waals surface area contributed by atoms with Crippen LogP contribution in [0.2, 0.25) is 0 Å². The molecule has 2 heterocycles. The summed E-state index contributed by atoms with van der Waals surface area (Å²) < 4.78 is 5.28. The first-order valence-corrected chi connectivity index (χ1v) is 6.92. The number of likely N-dealkylation sites (tertiary alicyclic amines) is 1. The third-order valence-corrected chi connectivity index (χ3v) is 3.70. The lowest BCUT2D eigenvalue weighted by molar-refractivity contribution is 0.168. The third-order valence-electron chi connectivity index (χ3n) is 3.70. The minimum atomic E-state index is 0.479. The van der Waals surface area contributed by atoms with Gasteiger partial charge in [0.1, 0.15) is 0 Å². The summed E-state index contributed by atoms with van der Waals surface area (Å²) in [5, 5.41) is 7.22. The van der Waals surface area contributed by atoms with Crippen LogP contribution < -0.4 is 5.32 Å². The molecule has 0 amide bonds. The van der Waals surface area contributed by atoms with Crippen molar-refractivity contribution >= 4 is 0 Å². The van der Waals surface area contributed by atoms with E-state index in [0.29, 0.717) is 12.0 Å². The molecule has 0 aromatic carbocycles. The fraction of sp³-hybridized carbons (Fsp3) is 0.846. The number of likely N-dealkylation sites (N-methyl/N-ethyl adjacent to an activating group) is 1. The van der Waals surface area contributed by atoms with E-state index >= 15 is 0 Å². The van der Waals surface area contributed by atoms with Crippen LogP contribution in [0.4, 0.5) is 0 Å². The molecule has 0 unspecified atom stereocenters. The maximum atomic E-state index is 5.28. The Balaban J connectivity index is 1.87. The predicted molar refractivity (Wildman–Crippen MR) is 70.6 cm³/mol. The fourth-order valence-electron chi connectivity index (χ4n) is 2.44. The van der Waals surface area contributed by atoms with Crippen LogP contribution in [-0.2, 0) is 6.42 Å². The number of hydrogen-bond acceptors (Lipinski definition) is 5. The summed E-state index contributed by atoms with van der Waals surface area (Å²) in [5.41, 5.74) is 0. The Morgan fingerprint density at radius 1 is 1.39 bits per heavy atom. The van der Waals surface area contributed by atoms with Gasteiger partial charge in [-0.2, -0.15) is 4.98 Å². The van der Waals surface area contributed by atoms with Crippen LogP contribution in [0.25, 0.3) is 0 Å². The molecule has 1 aliphatic rings. The zero-order valence-corrected chi connectivity index (χ0v) is 11.6. The fourth-order valence-corrected chi connectivity index (χ4v) is 2.44. The first-order valence-electron chi connectivity index (χ1n) is 6.92. The standard InChI is InChI=1S/C13H24N4O/c1-10(2)17-8-5-11(6-9-17)13-15-12(18-16-13)4-7-14-3/h10-11,14H,4-9H2,1-3H3. The van der Waals surface area contributed by atoms with E-state index in [2.05, 4.69) is 34.2 Å². The predicted octanol–water partition coefficient (Wildman–Crippen LogP) is 1.42. The largest absolute Gasteiger partial charge is 0.339 e. The number of nitrogens with zero attached hydrogens (tertiary/aromatic N) is 3. The normalized spacial score (nSPS) is 18.7. The highest BCUT2D eigenvalue weighted by Crippen LogP contribution is 2.26. The number of rotatable bonds is 5. The molecule has 18 heavy (non-hydrogen) atoms. The molecule has 1 aromatic heterocycles. The van der Waals surface area contributed by atoms with Gasteiger partial charge in [-0.3, -0.25) is 0 Å². The van der Waals surface area contributed by atoms with Gasteiger partial charge in [-0.25, -0.2) is 0 Å². The van der Waals surface area contributed by atoms with Crippen LogP contribution in [-0.4, -0.2) is 47.8 Å². The van der Waals surface area contributed by atoms with E-state index in [1.165, 1.54) is 0 Å². The topological polar surface area (TPSA) is 54.2 Å². The zero-order chi connectivity index (χ0) is 13.0. The Kier molecular flexibility index (Phi) is 4.72. The summed E-state index contributed by atoms with van der Waals surface area (Å²) in [6, 6.07) is 0.641. The lowest BCUT2D eigenvalue weighted by atomic mass is 9.95. The first-order chi connectivity index (χ1) is 8.70. The summed E-state index contributed by atoms with van der Waals surface area (Å²) in [6.07, 6.45) is 3.10. The van der Waals surface area contributed by atoms with Crippen molar-refractivity contribution in [2.24, 2.45) is 0 Å².